The first-order valence-corrected chi connectivity index (χ1v) is 7.91. The predicted octanol–water partition coefficient (Wildman–Crippen LogP) is -0.00720. The van der Waals surface area contributed by atoms with Crippen LogP contribution in [0.2, 0.25) is 0 Å². The van der Waals surface area contributed by atoms with Gasteiger partial charge in [0.15, 0.2) is 0 Å². The molecule has 0 aromatic carbocycles. The second kappa shape index (κ2) is 7.35. The summed E-state index contributed by atoms with van der Waals surface area (Å²) >= 11 is 0. The first-order valence-electron chi connectivity index (χ1n) is 7.91. The molecule has 0 radical (unpaired) electrons. The lowest BCUT2D eigenvalue weighted by atomic mass is 10.0. The Labute approximate surface area is 128 Å². The largest absolute Gasteiger partial charge is 0.305 e. The minimum atomic E-state index is 0.232. The van der Waals surface area contributed by atoms with Gasteiger partial charge in [-0.15, -0.1) is 0 Å². The first kappa shape index (κ1) is 16.4. The van der Waals surface area contributed by atoms with Gasteiger partial charge in [0.25, 0.3) is 0 Å². The molecule has 1 aliphatic rings. The third kappa shape index (κ3) is 4.03. The van der Waals surface area contributed by atoms with Crippen LogP contribution >= 0.6 is 0 Å². The number of likely N-dealkylation sites (N-methyl/N-ethyl adjacent to an activating group) is 2. The van der Waals surface area contributed by atoms with Crippen molar-refractivity contribution in [2.75, 3.05) is 33.7 Å². The Kier molecular flexibility index (Phi) is 5.75. The van der Waals surface area contributed by atoms with E-state index >= 15 is 0 Å². The summed E-state index contributed by atoms with van der Waals surface area (Å²) < 4.78 is 1.99. The molecule has 21 heavy (non-hydrogen) atoms. The molecule has 0 amide bonds. The van der Waals surface area contributed by atoms with Gasteiger partial charge in [0.2, 0.25) is 0 Å². The summed E-state index contributed by atoms with van der Waals surface area (Å²) in [5, 5.41) is 4.54. The van der Waals surface area contributed by atoms with Gasteiger partial charge in [-0.1, -0.05) is 6.92 Å². The highest BCUT2D eigenvalue weighted by atomic mass is 15.3. The van der Waals surface area contributed by atoms with Crippen LogP contribution in [-0.4, -0.2) is 65.4 Å². The minimum absolute atomic E-state index is 0.232. The summed E-state index contributed by atoms with van der Waals surface area (Å²) in [6.45, 7) is 5.46. The molecule has 1 aromatic heterocycles. The minimum Gasteiger partial charge on any atom is -0.305 e. The standard InChI is InChI=1S/C15H30N6/c1-5-12-9-13(21(4)18-12)10-14(17-16)15-11-19(2)7-6-8-20(15)3/h9,14-15,17H,5-8,10-11,16H2,1-4H3. The van der Waals surface area contributed by atoms with Crippen LogP contribution < -0.4 is 11.3 Å². The second-order valence-electron chi connectivity index (χ2n) is 6.25. The maximum absolute atomic E-state index is 5.87. The van der Waals surface area contributed by atoms with Crippen molar-refractivity contribution in [3.63, 3.8) is 0 Å². The van der Waals surface area contributed by atoms with E-state index in [0.717, 1.165) is 38.2 Å². The highest BCUT2D eigenvalue weighted by Crippen LogP contribution is 2.15. The normalized spacial score (nSPS) is 23.2. The zero-order valence-electron chi connectivity index (χ0n) is 13.8. The number of nitrogens with one attached hydrogen (secondary N) is 1. The molecule has 2 heterocycles. The smallest absolute Gasteiger partial charge is 0.0624 e. The number of aryl methyl sites for hydroxylation is 2. The molecule has 0 aliphatic carbocycles. The molecular weight excluding hydrogens is 264 g/mol. The molecule has 1 aromatic rings. The van der Waals surface area contributed by atoms with Crippen molar-refractivity contribution in [1.82, 2.24) is 25.0 Å². The van der Waals surface area contributed by atoms with Crippen LogP contribution in [0.1, 0.15) is 24.7 Å². The molecule has 2 unspecified atom stereocenters. The van der Waals surface area contributed by atoms with Gasteiger partial charge >= 0.3 is 0 Å². The molecule has 0 saturated carbocycles. The molecule has 0 bridgehead atoms. The molecule has 1 saturated heterocycles. The van der Waals surface area contributed by atoms with E-state index in [4.69, 9.17) is 5.84 Å². The van der Waals surface area contributed by atoms with Crippen LogP contribution in [0.5, 0.6) is 0 Å². The molecule has 3 N–H and O–H groups in total. The van der Waals surface area contributed by atoms with Gasteiger partial charge in [-0.05, 0) is 46.1 Å². The number of hydrogen-bond acceptors (Lipinski definition) is 5. The van der Waals surface area contributed by atoms with Gasteiger partial charge in [0.1, 0.15) is 0 Å². The maximum atomic E-state index is 5.87. The van der Waals surface area contributed by atoms with E-state index in [1.807, 2.05) is 11.7 Å². The summed E-state index contributed by atoms with van der Waals surface area (Å²) in [6.07, 6.45) is 3.09. The van der Waals surface area contributed by atoms with Gasteiger partial charge in [-0.3, -0.25) is 16.0 Å². The Balaban J connectivity index is 2.11. The Morgan fingerprint density at radius 3 is 2.76 bits per heavy atom. The van der Waals surface area contributed by atoms with Gasteiger partial charge in [-0.25, -0.2) is 0 Å². The summed E-state index contributed by atoms with van der Waals surface area (Å²) in [6, 6.07) is 2.85. The number of nitrogens with two attached hydrogens (primary N) is 1. The highest BCUT2D eigenvalue weighted by molar-refractivity contribution is 5.12. The van der Waals surface area contributed by atoms with Gasteiger partial charge in [0, 0.05) is 37.8 Å². The maximum Gasteiger partial charge on any atom is 0.0624 e. The molecule has 2 atom stereocenters. The van der Waals surface area contributed by atoms with Crippen molar-refractivity contribution in [1.29, 1.82) is 0 Å². The summed E-state index contributed by atoms with van der Waals surface area (Å²) in [7, 11) is 6.42. The summed E-state index contributed by atoms with van der Waals surface area (Å²) in [5.41, 5.74) is 5.44. The second-order valence-corrected chi connectivity index (χ2v) is 6.25. The van der Waals surface area contributed by atoms with E-state index in [-0.39, 0.29) is 6.04 Å². The first-order chi connectivity index (χ1) is 10.0. The average Bonchev–Trinajstić information content (AvgIpc) is 2.73. The lowest BCUT2D eigenvalue weighted by molar-refractivity contribution is 0.176. The van der Waals surface area contributed by atoms with E-state index in [0.29, 0.717) is 6.04 Å². The van der Waals surface area contributed by atoms with Gasteiger partial charge < -0.3 is 9.80 Å². The highest BCUT2D eigenvalue weighted by Gasteiger charge is 2.28. The number of nitrogens with zero attached hydrogens (tertiary/aromatic N) is 4. The van der Waals surface area contributed by atoms with Gasteiger partial charge in [-0.2, -0.15) is 5.10 Å². The van der Waals surface area contributed by atoms with E-state index in [9.17, 15) is 0 Å². The van der Waals surface area contributed by atoms with Crippen molar-refractivity contribution in [2.24, 2.45) is 12.9 Å². The Morgan fingerprint density at radius 2 is 2.14 bits per heavy atom. The topological polar surface area (TPSA) is 62.4 Å². The summed E-state index contributed by atoms with van der Waals surface area (Å²) in [5.74, 6) is 5.87. The summed E-state index contributed by atoms with van der Waals surface area (Å²) in [4.78, 5) is 4.84. The zero-order chi connectivity index (χ0) is 15.4. The molecule has 2 rings (SSSR count). The van der Waals surface area contributed by atoms with Crippen LogP contribution in [0.4, 0.5) is 0 Å². The third-order valence-corrected chi connectivity index (χ3v) is 4.61. The Bertz CT molecular complexity index is 443. The van der Waals surface area contributed by atoms with Crippen LogP contribution in [0.25, 0.3) is 0 Å². The van der Waals surface area contributed by atoms with Crippen molar-refractivity contribution in [3.05, 3.63) is 17.5 Å². The Morgan fingerprint density at radius 1 is 1.38 bits per heavy atom. The Hall–Kier alpha value is -0.950. The molecular formula is C15H30N6. The van der Waals surface area contributed by atoms with Crippen molar-refractivity contribution < 1.29 is 0 Å². The molecule has 6 heteroatoms. The predicted molar refractivity (Wildman–Crippen MR) is 85.9 cm³/mol. The van der Waals surface area contributed by atoms with Crippen molar-refractivity contribution in [3.8, 4) is 0 Å². The van der Waals surface area contributed by atoms with Gasteiger partial charge in [0.05, 0.1) is 5.69 Å². The average molecular weight is 294 g/mol. The number of hydrazine groups is 1. The molecule has 6 nitrogen and oxygen atoms in total. The lowest BCUT2D eigenvalue weighted by Crippen LogP contribution is -2.55. The van der Waals surface area contributed by atoms with Crippen LogP contribution in [0, 0.1) is 0 Å². The van der Waals surface area contributed by atoms with Crippen LogP contribution in [0.3, 0.4) is 0 Å². The SMILES string of the molecule is CCc1cc(CC(NN)C2CN(C)CCCN2C)n(C)n1. The molecule has 1 fully saturated rings. The van der Waals surface area contributed by atoms with Crippen LogP contribution in [-0.2, 0) is 19.9 Å². The van der Waals surface area contributed by atoms with E-state index in [1.165, 1.54) is 12.1 Å². The van der Waals surface area contributed by atoms with Crippen LogP contribution in [0.15, 0.2) is 6.07 Å². The third-order valence-electron chi connectivity index (χ3n) is 4.61. The lowest BCUT2D eigenvalue weighted by Gasteiger charge is -2.34. The quantitative estimate of drug-likeness (QED) is 0.591. The fourth-order valence-electron chi connectivity index (χ4n) is 3.21. The number of aromatic nitrogens is 2. The van der Waals surface area contributed by atoms with Crippen molar-refractivity contribution in [2.45, 2.75) is 38.3 Å². The number of rotatable bonds is 5. The fourth-order valence-corrected chi connectivity index (χ4v) is 3.21. The fraction of sp³-hybridized carbons (Fsp3) is 0.800. The number of hydrogen-bond donors (Lipinski definition) is 2. The molecule has 120 valence electrons. The van der Waals surface area contributed by atoms with E-state index in [2.05, 4.69) is 47.4 Å². The zero-order valence-corrected chi connectivity index (χ0v) is 13.8. The monoisotopic (exact) mass is 294 g/mol. The van der Waals surface area contributed by atoms with E-state index in [1.54, 1.807) is 0 Å². The van der Waals surface area contributed by atoms with E-state index < -0.39 is 0 Å². The molecule has 0 spiro atoms. The van der Waals surface area contributed by atoms with Crippen molar-refractivity contribution >= 4 is 0 Å². The molecule has 1 aliphatic heterocycles.